The molecule has 3 heterocycles. The van der Waals surface area contributed by atoms with E-state index in [-0.39, 0.29) is 5.56 Å². The smallest absolute Gasteiger partial charge is 0.262 e. The zero-order valence-corrected chi connectivity index (χ0v) is 17.7. The number of imidazole rings is 1. The highest BCUT2D eigenvalue weighted by molar-refractivity contribution is 7.98. The van der Waals surface area contributed by atoms with Crippen LogP contribution in [0.2, 0.25) is 0 Å². The van der Waals surface area contributed by atoms with E-state index in [4.69, 9.17) is 4.74 Å². The van der Waals surface area contributed by atoms with Crippen molar-refractivity contribution in [2.75, 3.05) is 6.61 Å². The van der Waals surface area contributed by atoms with Gasteiger partial charge < -0.3 is 9.72 Å². The predicted octanol–water partition coefficient (Wildman–Crippen LogP) is 3.46. The molecule has 3 aromatic heterocycles. The number of ether oxygens (including phenoxy) is 1. The van der Waals surface area contributed by atoms with E-state index < -0.39 is 0 Å². The molecule has 0 saturated carbocycles. The first kappa shape index (κ1) is 18.7. The fourth-order valence-corrected chi connectivity index (χ4v) is 4.37. The third-order valence-corrected chi connectivity index (χ3v) is 5.89. The van der Waals surface area contributed by atoms with Crippen LogP contribution in [0.15, 0.2) is 46.3 Å². The molecular formula is C21H20N6O2S. The highest BCUT2D eigenvalue weighted by Crippen LogP contribution is 2.26. The molecule has 0 unspecified atom stereocenters. The molecular weight excluding hydrogens is 400 g/mol. The summed E-state index contributed by atoms with van der Waals surface area (Å²) in [7, 11) is 1.72. The summed E-state index contributed by atoms with van der Waals surface area (Å²) >= 11 is 1.54. The second-order valence-corrected chi connectivity index (χ2v) is 8.04. The molecule has 152 valence electrons. The topological polar surface area (TPSA) is 90.1 Å². The fourth-order valence-electron chi connectivity index (χ4n) is 3.58. The average molecular weight is 420 g/mol. The van der Waals surface area contributed by atoms with Gasteiger partial charge in [0.2, 0.25) is 5.78 Å². The molecule has 5 rings (SSSR count). The number of benzene rings is 2. The predicted molar refractivity (Wildman–Crippen MR) is 117 cm³/mol. The van der Waals surface area contributed by atoms with Crippen LogP contribution in [-0.4, -0.2) is 35.7 Å². The van der Waals surface area contributed by atoms with Crippen molar-refractivity contribution in [3.63, 3.8) is 0 Å². The van der Waals surface area contributed by atoms with E-state index in [0.717, 1.165) is 38.8 Å². The van der Waals surface area contributed by atoms with Crippen molar-refractivity contribution in [2.24, 2.45) is 7.05 Å². The Balaban J connectivity index is 1.52. The van der Waals surface area contributed by atoms with Crippen LogP contribution in [0.5, 0.6) is 5.75 Å². The molecule has 0 aliphatic heterocycles. The Hall–Kier alpha value is -3.33. The maximum atomic E-state index is 12.7. The summed E-state index contributed by atoms with van der Waals surface area (Å²) in [5.41, 5.74) is 3.59. The van der Waals surface area contributed by atoms with Crippen LogP contribution in [0.25, 0.3) is 27.7 Å². The molecule has 0 aliphatic carbocycles. The van der Waals surface area contributed by atoms with E-state index in [1.54, 1.807) is 23.4 Å². The van der Waals surface area contributed by atoms with Gasteiger partial charge in [0.25, 0.3) is 5.56 Å². The molecule has 9 heteroatoms. The lowest BCUT2D eigenvalue weighted by Crippen LogP contribution is -2.20. The van der Waals surface area contributed by atoms with Gasteiger partial charge in [0.05, 0.1) is 34.3 Å². The molecule has 30 heavy (non-hydrogen) atoms. The number of aryl methyl sites for hydroxylation is 2. The van der Waals surface area contributed by atoms with Crippen molar-refractivity contribution in [2.45, 2.75) is 24.8 Å². The summed E-state index contributed by atoms with van der Waals surface area (Å²) in [4.78, 5) is 20.7. The number of fused-ring (bicyclic) bond motifs is 4. The van der Waals surface area contributed by atoms with Crippen molar-refractivity contribution >= 4 is 39.5 Å². The second kappa shape index (κ2) is 7.17. The first-order valence-electron chi connectivity index (χ1n) is 9.64. The Morgan fingerprint density at radius 1 is 1.17 bits per heavy atom. The Kier molecular flexibility index (Phi) is 4.47. The van der Waals surface area contributed by atoms with Crippen LogP contribution in [0, 0.1) is 6.92 Å². The van der Waals surface area contributed by atoms with Crippen LogP contribution in [0.3, 0.4) is 0 Å². The first-order chi connectivity index (χ1) is 14.5. The third kappa shape index (κ3) is 3.02. The summed E-state index contributed by atoms with van der Waals surface area (Å²) < 4.78 is 9.04. The number of thioether (sulfide) groups is 1. The molecule has 1 N–H and O–H groups in total. The number of nitrogens with zero attached hydrogens (tertiary/aromatic N) is 5. The number of aromatic nitrogens is 6. The minimum absolute atomic E-state index is 0.0739. The number of hydrogen-bond donors (Lipinski definition) is 1. The molecule has 0 spiro atoms. The SMILES string of the molecule is CCOc1ccc2nc(SCc3nnc4n(C)c(=O)c5cc(C)ccc5n34)[nH]c2c1. The fraction of sp³-hybridized carbons (Fsp3) is 0.238. The number of H-pyrrole nitrogens is 1. The summed E-state index contributed by atoms with van der Waals surface area (Å²) in [5.74, 6) is 2.66. The largest absolute Gasteiger partial charge is 0.494 e. The van der Waals surface area contributed by atoms with Crippen molar-refractivity contribution in [1.82, 2.24) is 29.1 Å². The molecule has 0 saturated heterocycles. The van der Waals surface area contributed by atoms with Gasteiger partial charge in [0.1, 0.15) is 11.6 Å². The maximum absolute atomic E-state index is 12.7. The van der Waals surface area contributed by atoms with E-state index >= 15 is 0 Å². The van der Waals surface area contributed by atoms with Gasteiger partial charge in [-0.15, -0.1) is 10.2 Å². The van der Waals surface area contributed by atoms with Gasteiger partial charge in [-0.3, -0.25) is 13.8 Å². The molecule has 0 amide bonds. The van der Waals surface area contributed by atoms with Gasteiger partial charge in [0, 0.05) is 13.1 Å². The van der Waals surface area contributed by atoms with Gasteiger partial charge >= 0.3 is 0 Å². The van der Waals surface area contributed by atoms with Crippen molar-refractivity contribution < 1.29 is 4.74 Å². The molecule has 0 fully saturated rings. The normalized spacial score (nSPS) is 11.7. The summed E-state index contributed by atoms with van der Waals surface area (Å²) in [6.45, 7) is 4.56. The highest BCUT2D eigenvalue weighted by atomic mass is 32.2. The second-order valence-electron chi connectivity index (χ2n) is 7.08. The molecule has 0 radical (unpaired) electrons. The number of rotatable bonds is 5. The van der Waals surface area contributed by atoms with E-state index in [2.05, 4.69) is 20.2 Å². The van der Waals surface area contributed by atoms with E-state index in [9.17, 15) is 4.79 Å². The number of hydrogen-bond acceptors (Lipinski definition) is 6. The third-order valence-electron chi connectivity index (χ3n) is 5.02. The van der Waals surface area contributed by atoms with E-state index in [1.807, 2.05) is 54.6 Å². The number of aromatic amines is 1. The van der Waals surface area contributed by atoms with E-state index in [0.29, 0.717) is 23.5 Å². The summed E-state index contributed by atoms with van der Waals surface area (Å²) in [6, 6.07) is 11.7. The highest BCUT2D eigenvalue weighted by Gasteiger charge is 2.16. The van der Waals surface area contributed by atoms with Crippen LogP contribution < -0.4 is 10.3 Å². The summed E-state index contributed by atoms with van der Waals surface area (Å²) in [6.07, 6.45) is 0. The van der Waals surface area contributed by atoms with Gasteiger partial charge in [0.15, 0.2) is 5.16 Å². The quantitative estimate of drug-likeness (QED) is 0.438. The summed E-state index contributed by atoms with van der Waals surface area (Å²) in [5, 5.41) is 10.0. The van der Waals surface area contributed by atoms with Gasteiger partial charge in [-0.05, 0) is 38.1 Å². The Bertz CT molecular complexity index is 1470. The van der Waals surface area contributed by atoms with Crippen LogP contribution >= 0.6 is 11.8 Å². The lowest BCUT2D eigenvalue weighted by atomic mass is 10.1. The van der Waals surface area contributed by atoms with Crippen molar-refractivity contribution in [3.05, 3.63) is 58.1 Å². The van der Waals surface area contributed by atoms with E-state index in [1.165, 1.54) is 0 Å². The van der Waals surface area contributed by atoms with Crippen LogP contribution in [-0.2, 0) is 12.8 Å². The van der Waals surface area contributed by atoms with Crippen LogP contribution in [0.1, 0.15) is 18.3 Å². The molecule has 8 nitrogen and oxygen atoms in total. The average Bonchev–Trinajstić information content (AvgIpc) is 3.34. The standard InChI is InChI=1S/C21H20N6O2S/c1-4-29-13-6-7-15-16(10-13)23-20(22-15)30-11-18-24-25-21-26(3)19(28)14-9-12(2)5-8-17(14)27(18)21/h5-10H,4,11H2,1-3H3,(H,22,23). The lowest BCUT2D eigenvalue weighted by Gasteiger charge is -2.08. The van der Waals surface area contributed by atoms with Crippen molar-refractivity contribution in [3.8, 4) is 5.75 Å². The van der Waals surface area contributed by atoms with Gasteiger partial charge in [-0.2, -0.15) is 0 Å². The van der Waals surface area contributed by atoms with Crippen molar-refractivity contribution in [1.29, 1.82) is 0 Å². The van der Waals surface area contributed by atoms with Gasteiger partial charge in [-0.1, -0.05) is 23.4 Å². The Labute approximate surface area is 175 Å². The molecule has 5 aromatic rings. The zero-order chi connectivity index (χ0) is 20.8. The monoisotopic (exact) mass is 420 g/mol. The molecule has 0 atom stereocenters. The van der Waals surface area contributed by atoms with Gasteiger partial charge in [-0.25, -0.2) is 4.98 Å². The minimum atomic E-state index is -0.0739. The zero-order valence-electron chi connectivity index (χ0n) is 16.8. The maximum Gasteiger partial charge on any atom is 0.262 e. The minimum Gasteiger partial charge on any atom is -0.494 e. The van der Waals surface area contributed by atoms with Crippen LogP contribution in [0.4, 0.5) is 0 Å². The number of nitrogens with one attached hydrogen (secondary N) is 1. The Morgan fingerprint density at radius 3 is 2.87 bits per heavy atom. The first-order valence-corrected chi connectivity index (χ1v) is 10.6. The molecule has 2 aromatic carbocycles. The molecule has 0 aliphatic rings. The Morgan fingerprint density at radius 2 is 2.03 bits per heavy atom. The molecule has 0 bridgehead atoms. The lowest BCUT2D eigenvalue weighted by molar-refractivity contribution is 0.340.